The normalized spacial score (nSPS) is 47.6. The number of carbonyl (C=O) groups excluding carboxylic acids is 1. The van der Waals surface area contributed by atoms with Gasteiger partial charge in [0.1, 0.15) is 0 Å². The van der Waals surface area contributed by atoms with Crippen LogP contribution in [-0.4, -0.2) is 58.0 Å². The van der Waals surface area contributed by atoms with Crippen molar-refractivity contribution in [3.63, 3.8) is 0 Å². The Morgan fingerprint density at radius 3 is 3.04 bits per heavy atom. The third-order valence-electron chi connectivity index (χ3n) is 7.66. The lowest BCUT2D eigenvalue weighted by Gasteiger charge is -2.70. The molecule has 0 spiro atoms. The van der Waals surface area contributed by atoms with Crippen molar-refractivity contribution in [1.29, 1.82) is 0 Å². The van der Waals surface area contributed by atoms with Crippen molar-refractivity contribution in [2.75, 3.05) is 13.1 Å². The zero-order chi connectivity index (χ0) is 17.1. The van der Waals surface area contributed by atoms with E-state index in [1.165, 1.54) is 44.2 Å². The molecular weight excluding hydrogens is 310 g/mol. The Labute approximate surface area is 151 Å². The number of amides is 1. The van der Waals surface area contributed by atoms with Gasteiger partial charge in [-0.15, -0.1) is 6.58 Å². The molecule has 8 unspecified atom stereocenters. The topological polar surface area (TPSA) is 26.8 Å². The molecule has 6 aliphatic heterocycles. The molecule has 0 aliphatic carbocycles. The van der Waals surface area contributed by atoms with Crippen molar-refractivity contribution in [1.82, 2.24) is 14.7 Å². The fraction of sp³-hybridized carbons (Fsp3) is 0.762. The van der Waals surface area contributed by atoms with Crippen LogP contribution in [0.4, 0.5) is 0 Å². The first-order valence-electron chi connectivity index (χ1n) is 10.3. The number of hydrogen-bond donors (Lipinski definition) is 0. The summed E-state index contributed by atoms with van der Waals surface area (Å²) in [5.41, 5.74) is 1.54. The first kappa shape index (κ1) is 16.1. The van der Waals surface area contributed by atoms with E-state index in [2.05, 4.69) is 28.7 Å². The number of nitrogens with zero attached hydrogens (tertiary/aromatic N) is 3. The van der Waals surface area contributed by atoms with Gasteiger partial charge in [0.05, 0.1) is 6.17 Å². The van der Waals surface area contributed by atoms with Gasteiger partial charge in [0.25, 0.3) is 0 Å². The molecule has 6 rings (SSSR count). The predicted molar refractivity (Wildman–Crippen MR) is 98.7 cm³/mol. The predicted octanol–water partition coefficient (Wildman–Crippen LogP) is 2.97. The second-order valence-corrected chi connectivity index (χ2v) is 8.84. The van der Waals surface area contributed by atoms with Gasteiger partial charge in [-0.05, 0) is 62.4 Å². The van der Waals surface area contributed by atoms with Gasteiger partial charge in [0.15, 0.2) is 0 Å². The van der Waals surface area contributed by atoms with E-state index in [-0.39, 0.29) is 5.91 Å². The molecule has 0 saturated carbocycles. The van der Waals surface area contributed by atoms with Gasteiger partial charge in [0.2, 0.25) is 5.91 Å². The molecule has 0 aromatic heterocycles. The van der Waals surface area contributed by atoms with Gasteiger partial charge in [-0.1, -0.05) is 6.08 Å². The Morgan fingerprint density at radius 2 is 2.24 bits per heavy atom. The fourth-order valence-electron chi connectivity index (χ4n) is 6.85. The standard InChI is InChI=1S/C21H31N3O/c1-3-6-19-17-11-16-13-23(19)20-9-4-8-18(16)24(20)21(17)15-7-5-10-22(12-15)14(2)25/h3,12,16-21H,1,4-11,13H2,2H3. The summed E-state index contributed by atoms with van der Waals surface area (Å²) in [5, 5.41) is 0. The van der Waals surface area contributed by atoms with Gasteiger partial charge < -0.3 is 4.90 Å². The van der Waals surface area contributed by atoms with Gasteiger partial charge >= 0.3 is 0 Å². The zero-order valence-electron chi connectivity index (χ0n) is 15.4. The lowest BCUT2D eigenvalue weighted by molar-refractivity contribution is -0.224. The molecule has 5 saturated heterocycles. The van der Waals surface area contributed by atoms with Crippen molar-refractivity contribution < 1.29 is 4.79 Å². The van der Waals surface area contributed by atoms with Crippen molar-refractivity contribution in [3.8, 4) is 0 Å². The van der Waals surface area contributed by atoms with E-state index in [0.29, 0.717) is 18.2 Å². The summed E-state index contributed by atoms with van der Waals surface area (Å²) in [6.07, 6.45) is 13.9. The van der Waals surface area contributed by atoms with Crippen LogP contribution in [0.25, 0.3) is 0 Å². The Balaban J connectivity index is 1.54. The highest BCUT2D eigenvalue weighted by Crippen LogP contribution is 2.54. The minimum absolute atomic E-state index is 0.197. The van der Waals surface area contributed by atoms with Gasteiger partial charge in [-0.2, -0.15) is 0 Å². The average molecular weight is 341 g/mol. The molecule has 4 nitrogen and oxygen atoms in total. The highest BCUT2D eigenvalue weighted by atomic mass is 16.2. The number of rotatable bonds is 3. The molecule has 0 aromatic carbocycles. The average Bonchev–Trinajstić information content (AvgIpc) is 2.62. The molecule has 8 atom stereocenters. The van der Waals surface area contributed by atoms with E-state index in [0.717, 1.165) is 37.3 Å². The number of carbonyl (C=O) groups is 1. The molecule has 5 fully saturated rings. The Morgan fingerprint density at radius 1 is 1.36 bits per heavy atom. The van der Waals surface area contributed by atoms with Crippen molar-refractivity contribution in [2.24, 2.45) is 11.8 Å². The molecular formula is C21H31N3O. The van der Waals surface area contributed by atoms with Crippen LogP contribution in [0.1, 0.15) is 51.9 Å². The number of hydrogen-bond acceptors (Lipinski definition) is 3. The van der Waals surface area contributed by atoms with Crippen LogP contribution in [0.5, 0.6) is 0 Å². The van der Waals surface area contributed by atoms with E-state index < -0.39 is 0 Å². The van der Waals surface area contributed by atoms with Gasteiger partial charge in [-0.3, -0.25) is 14.6 Å². The molecule has 6 aliphatic rings. The van der Waals surface area contributed by atoms with E-state index in [9.17, 15) is 4.79 Å². The van der Waals surface area contributed by atoms with Crippen LogP contribution in [0.3, 0.4) is 0 Å². The highest BCUT2D eigenvalue weighted by molar-refractivity contribution is 5.74. The molecule has 0 radical (unpaired) electrons. The maximum absolute atomic E-state index is 11.9. The molecule has 1 amide bonds. The van der Waals surface area contributed by atoms with Crippen LogP contribution >= 0.6 is 0 Å². The summed E-state index contributed by atoms with van der Waals surface area (Å²) in [6.45, 7) is 7.97. The molecule has 25 heavy (non-hydrogen) atoms. The van der Waals surface area contributed by atoms with E-state index >= 15 is 0 Å². The largest absolute Gasteiger partial charge is 0.319 e. The van der Waals surface area contributed by atoms with Crippen molar-refractivity contribution in [3.05, 3.63) is 24.4 Å². The molecule has 136 valence electrons. The summed E-state index contributed by atoms with van der Waals surface area (Å²) in [6, 6.07) is 2.01. The molecule has 0 aromatic rings. The first-order chi connectivity index (χ1) is 12.2. The third-order valence-corrected chi connectivity index (χ3v) is 7.66. The zero-order valence-corrected chi connectivity index (χ0v) is 15.4. The number of piperidine rings is 3. The summed E-state index contributed by atoms with van der Waals surface area (Å²) in [7, 11) is 0. The van der Waals surface area contributed by atoms with Crippen LogP contribution in [0, 0.1) is 11.8 Å². The van der Waals surface area contributed by atoms with Crippen molar-refractivity contribution >= 4 is 5.91 Å². The highest BCUT2D eigenvalue weighted by Gasteiger charge is 2.60. The lowest BCUT2D eigenvalue weighted by Crippen LogP contribution is -2.79. The summed E-state index contributed by atoms with van der Waals surface area (Å²) in [4.78, 5) is 19.6. The van der Waals surface area contributed by atoms with Crippen molar-refractivity contribution in [2.45, 2.75) is 76.2 Å². The van der Waals surface area contributed by atoms with Crippen LogP contribution < -0.4 is 0 Å². The molecule has 6 heterocycles. The summed E-state index contributed by atoms with van der Waals surface area (Å²) in [5.74, 6) is 1.79. The monoisotopic (exact) mass is 341 g/mol. The van der Waals surface area contributed by atoms with Crippen LogP contribution in [0.15, 0.2) is 24.4 Å². The van der Waals surface area contributed by atoms with E-state index in [1.54, 1.807) is 6.92 Å². The summed E-state index contributed by atoms with van der Waals surface area (Å²) >= 11 is 0. The van der Waals surface area contributed by atoms with Gasteiger partial charge in [0, 0.05) is 44.3 Å². The third kappa shape index (κ3) is 2.30. The summed E-state index contributed by atoms with van der Waals surface area (Å²) < 4.78 is 0. The Hall–Kier alpha value is -1.13. The van der Waals surface area contributed by atoms with Crippen LogP contribution in [0.2, 0.25) is 0 Å². The quantitative estimate of drug-likeness (QED) is 0.739. The lowest BCUT2D eigenvalue weighted by atomic mass is 9.62. The van der Waals surface area contributed by atoms with Gasteiger partial charge in [-0.25, -0.2) is 0 Å². The second kappa shape index (κ2) is 5.95. The maximum atomic E-state index is 11.9. The molecule has 4 heteroatoms. The maximum Gasteiger partial charge on any atom is 0.223 e. The van der Waals surface area contributed by atoms with Crippen LogP contribution in [-0.2, 0) is 4.79 Å². The first-order valence-corrected chi connectivity index (χ1v) is 10.3. The smallest absolute Gasteiger partial charge is 0.223 e. The minimum atomic E-state index is 0.197. The Kier molecular flexibility index (Phi) is 3.83. The van der Waals surface area contributed by atoms with E-state index in [1.807, 2.05) is 4.90 Å². The van der Waals surface area contributed by atoms with E-state index in [4.69, 9.17) is 0 Å². The minimum Gasteiger partial charge on any atom is -0.319 e. The molecule has 6 bridgehead atoms. The SMILES string of the molecule is C=CCC1C2CC3CN1C1CCCC3N1C2C1=CN(C(C)=O)CCC1. The Bertz CT molecular complexity index is 614. The molecule has 0 N–H and O–H groups in total. The fourth-order valence-corrected chi connectivity index (χ4v) is 6.85. The second-order valence-electron chi connectivity index (χ2n) is 8.84.